The number of aliphatic hydroxyl groups excluding tert-OH is 1. The van der Waals surface area contributed by atoms with Crippen molar-refractivity contribution in [2.75, 3.05) is 32.9 Å². The Morgan fingerprint density at radius 1 is 1.27 bits per heavy atom. The number of halogens is 1. The van der Waals surface area contributed by atoms with E-state index in [0.29, 0.717) is 5.02 Å². The summed E-state index contributed by atoms with van der Waals surface area (Å²) in [6, 6.07) is 7.35. The smallest absolute Gasteiger partial charge is 0.233 e. The van der Waals surface area contributed by atoms with Gasteiger partial charge in [0.2, 0.25) is 15.9 Å². The van der Waals surface area contributed by atoms with Gasteiger partial charge in [0.15, 0.2) is 0 Å². The van der Waals surface area contributed by atoms with Crippen molar-refractivity contribution in [3.05, 3.63) is 34.9 Å². The maximum atomic E-state index is 13.2. The fourth-order valence-electron chi connectivity index (χ4n) is 3.83. The Hall–Kier alpha value is -1.15. The molecule has 6 nitrogen and oxygen atoms in total. The molecule has 0 bridgehead atoms. The van der Waals surface area contributed by atoms with Gasteiger partial charge in [0.25, 0.3) is 0 Å². The van der Waals surface area contributed by atoms with E-state index in [-0.39, 0.29) is 24.7 Å². The van der Waals surface area contributed by atoms with Crippen molar-refractivity contribution in [3.8, 4) is 0 Å². The number of β-amino-alcohol motifs (C(OH)–C–C–N with tert-alkyl or cyclic N) is 1. The number of hydrogen-bond donors (Lipinski definition) is 1. The first-order valence-electron chi connectivity index (χ1n) is 8.79. The minimum atomic E-state index is -3.43. The van der Waals surface area contributed by atoms with Crippen molar-refractivity contribution in [2.45, 2.75) is 30.8 Å². The van der Waals surface area contributed by atoms with Crippen molar-refractivity contribution in [1.29, 1.82) is 0 Å². The van der Waals surface area contributed by atoms with Crippen LogP contribution in [-0.2, 0) is 20.2 Å². The Labute approximate surface area is 159 Å². The minimum Gasteiger partial charge on any atom is -0.391 e. The highest BCUT2D eigenvalue weighted by atomic mass is 35.5. The molecule has 144 valence electrons. The van der Waals surface area contributed by atoms with E-state index in [9.17, 15) is 18.3 Å². The summed E-state index contributed by atoms with van der Waals surface area (Å²) in [7, 11) is -0.476. The topological polar surface area (TPSA) is 77.9 Å². The molecule has 1 aromatic carbocycles. The van der Waals surface area contributed by atoms with Gasteiger partial charge in [-0.15, -0.1) is 0 Å². The lowest BCUT2D eigenvalue weighted by Crippen LogP contribution is -2.50. The zero-order valence-electron chi connectivity index (χ0n) is 15.1. The average Bonchev–Trinajstić information content (AvgIpc) is 2.88. The van der Waals surface area contributed by atoms with Crippen LogP contribution in [0.3, 0.4) is 0 Å². The first kappa shape index (κ1) is 19.6. The van der Waals surface area contributed by atoms with Gasteiger partial charge >= 0.3 is 0 Å². The summed E-state index contributed by atoms with van der Waals surface area (Å²) in [6.07, 6.45) is 1.68. The molecular formula is C18H25ClN2O4S. The zero-order valence-corrected chi connectivity index (χ0v) is 16.6. The Kier molecular flexibility index (Phi) is 5.36. The van der Waals surface area contributed by atoms with Crippen molar-refractivity contribution in [3.63, 3.8) is 0 Å². The van der Waals surface area contributed by atoms with Gasteiger partial charge < -0.3 is 10.0 Å². The summed E-state index contributed by atoms with van der Waals surface area (Å²) in [6.45, 7) is 0.449. The summed E-state index contributed by atoms with van der Waals surface area (Å²) in [5, 5.41) is 10.9. The third-order valence-electron chi connectivity index (χ3n) is 5.69. The number of nitrogens with zero attached hydrogens (tertiary/aromatic N) is 2. The first-order chi connectivity index (χ1) is 12.2. The van der Waals surface area contributed by atoms with E-state index in [2.05, 4.69) is 0 Å². The lowest BCUT2D eigenvalue weighted by atomic mass is 9.63. The molecule has 2 fully saturated rings. The molecule has 3 rings (SSSR count). The Morgan fingerprint density at radius 3 is 2.38 bits per heavy atom. The molecule has 1 amide bonds. The second kappa shape index (κ2) is 7.11. The number of sulfonamides is 1. The lowest BCUT2D eigenvalue weighted by molar-refractivity contribution is -0.140. The highest BCUT2D eigenvalue weighted by molar-refractivity contribution is 7.89. The molecule has 1 heterocycles. The van der Waals surface area contributed by atoms with Crippen LogP contribution in [-0.4, -0.2) is 67.7 Å². The predicted octanol–water partition coefficient (Wildman–Crippen LogP) is 1.47. The van der Waals surface area contributed by atoms with Crippen LogP contribution in [0.2, 0.25) is 5.02 Å². The Bertz CT molecular complexity index is 775. The van der Waals surface area contributed by atoms with Crippen LogP contribution in [0.1, 0.15) is 24.8 Å². The minimum absolute atomic E-state index is 0.0186. The fraction of sp³-hybridized carbons (Fsp3) is 0.611. The largest absolute Gasteiger partial charge is 0.391 e. The molecule has 0 spiro atoms. The quantitative estimate of drug-likeness (QED) is 0.811. The molecule has 2 atom stereocenters. The van der Waals surface area contributed by atoms with Gasteiger partial charge in [-0.2, -0.15) is 0 Å². The lowest BCUT2D eigenvalue weighted by Gasteiger charge is -2.43. The number of likely N-dealkylation sites (tertiary alicyclic amines) is 1. The maximum Gasteiger partial charge on any atom is 0.233 e. The number of benzene rings is 1. The molecule has 0 unspecified atom stereocenters. The van der Waals surface area contributed by atoms with Crippen LogP contribution >= 0.6 is 11.6 Å². The number of carbonyl (C=O) groups is 1. The standard InChI is InChI=1S/C18H25ClN2O4S/c1-20(2)26(24,25)12-13-10-21(11-16(13)22)17(23)18(8-3-9-18)14-4-6-15(19)7-5-14/h4-7,13,16,22H,3,8-12H2,1-2H3/t13-,16+/m0/s1. The van der Waals surface area contributed by atoms with Crippen LogP contribution in [0.15, 0.2) is 24.3 Å². The van der Waals surface area contributed by atoms with Gasteiger partial charge in [0.05, 0.1) is 17.3 Å². The van der Waals surface area contributed by atoms with Crippen molar-refractivity contribution in [1.82, 2.24) is 9.21 Å². The molecule has 1 aliphatic carbocycles. The summed E-state index contributed by atoms with van der Waals surface area (Å²) in [5.41, 5.74) is 0.372. The number of amides is 1. The van der Waals surface area contributed by atoms with Crippen LogP contribution in [0.5, 0.6) is 0 Å². The molecular weight excluding hydrogens is 376 g/mol. The monoisotopic (exact) mass is 400 g/mol. The number of aliphatic hydroxyl groups is 1. The van der Waals surface area contributed by atoms with E-state index < -0.39 is 27.5 Å². The van der Waals surface area contributed by atoms with E-state index in [1.54, 1.807) is 17.0 Å². The SMILES string of the molecule is CN(C)S(=O)(=O)C[C@@H]1CN(C(=O)C2(c3ccc(Cl)cc3)CCC2)C[C@H]1O. The Morgan fingerprint density at radius 2 is 1.88 bits per heavy atom. The third kappa shape index (κ3) is 3.50. The average molecular weight is 401 g/mol. The highest BCUT2D eigenvalue weighted by Gasteiger charge is 2.50. The molecule has 1 saturated carbocycles. The fourth-order valence-corrected chi connectivity index (χ4v) is 5.12. The van der Waals surface area contributed by atoms with E-state index in [1.165, 1.54) is 14.1 Å². The van der Waals surface area contributed by atoms with E-state index in [1.807, 2.05) is 12.1 Å². The molecule has 1 N–H and O–H groups in total. The first-order valence-corrected chi connectivity index (χ1v) is 10.8. The molecule has 0 radical (unpaired) electrons. The second-order valence-electron chi connectivity index (χ2n) is 7.54. The van der Waals surface area contributed by atoms with Crippen molar-refractivity contribution < 1.29 is 18.3 Å². The summed E-state index contributed by atoms with van der Waals surface area (Å²) < 4.78 is 25.4. The normalized spacial score (nSPS) is 25.3. The van der Waals surface area contributed by atoms with Gasteiger partial charge in [0, 0.05) is 38.1 Å². The molecule has 2 aliphatic rings. The van der Waals surface area contributed by atoms with E-state index in [0.717, 1.165) is 29.1 Å². The van der Waals surface area contributed by atoms with Crippen LogP contribution in [0, 0.1) is 5.92 Å². The number of hydrogen-bond acceptors (Lipinski definition) is 4. The molecule has 1 aromatic rings. The molecule has 0 aromatic heterocycles. The van der Waals surface area contributed by atoms with Gasteiger partial charge in [-0.05, 0) is 30.5 Å². The summed E-state index contributed by atoms with van der Waals surface area (Å²) in [5.74, 6) is -0.637. The van der Waals surface area contributed by atoms with Crippen molar-refractivity contribution in [2.24, 2.45) is 5.92 Å². The van der Waals surface area contributed by atoms with Crippen LogP contribution in [0.4, 0.5) is 0 Å². The van der Waals surface area contributed by atoms with Gasteiger partial charge in [0.1, 0.15) is 0 Å². The zero-order chi connectivity index (χ0) is 19.1. The van der Waals surface area contributed by atoms with Gasteiger partial charge in [-0.25, -0.2) is 12.7 Å². The van der Waals surface area contributed by atoms with Crippen molar-refractivity contribution >= 4 is 27.5 Å². The molecule has 1 saturated heterocycles. The predicted molar refractivity (Wildman–Crippen MR) is 101 cm³/mol. The van der Waals surface area contributed by atoms with Crippen LogP contribution < -0.4 is 0 Å². The summed E-state index contributed by atoms with van der Waals surface area (Å²) in [4.78, 5) is 14.9. The van der Waals surface area contributed by atoms with E-state index in [4.69, 9.17) is 11.6 Å². The van der Waals surface area contributed by atoms with Crippen LogP contribution in [0.25, 0.3) is 0 Å². The highest BCUT2D eigenvalue weighted by Crippen LogP contribution is 2.46. The number of carbonyl (C=O) groups excluding carboxylic acids is 1. The second-order valence-corrected chi connectivity index (χ2v) is 10.2. The summed E-state index contributed by atoms with van der Waals surface area (Å²) >= 11 is 5.97. The third-order valence-corrected chi connectivity index (χ3v) is 7.90. The molecule has 26 heavy (non-hydrogen) atoms. The maximum absolute atomic E-state index is 13.2. The molecule has 1 aliphatic heterocycles. The Balaban J connectivity index is 1.77. The van der Waals surface area contributed by atoms with Gasteiger partial charge in [-0.1, -0.05) is 30.2 Å². The van der Waals surface area contributed by atoms with E-state index >= 15 is 0 Å². The molecule has 8 heteroatoms. The number of rotatable bonds is 5. The van der Waals surface area contributed by atoms with Gasteiger partial charge in [-0.3, -0.25) is 4.79 Å².